The summed E-state index contributed by atoms with van der Waals surface area (Å²) in [6, 6.07) is 7.35. The molecule has 2 nitrogen and oxygen atoms in total. The molecule has 0 bridgehead atoms. The van der Waals surface area contributed by atoms with E-state index < -0.39 is 0 Å². The summed E-state index contributed by atoms with van der Waals surface area (Å²) in [5.41, 5.74) is 1.72. The van der Waals surface area contributed by atoms with Gasteiger partial charge in [0.15, 0.2) is 0 Å². The molecular formula is C12H12BrNO. The van der Waals surface area contributed by atoms with Crippen molar-refractivity contribution in [3.8, 4) is 11.8 Å². The molecule has 0 aromatic heterocycles. The van der Waals surface area contributed by atoms with Crippen LogP contribution in [0.2, 0.25) is 0 Å². The Bertz CT molecular complexity index is 407. The average Bonchev–Trinajstić information content (AvgIpc) is 2.20. The third-order valence-corrected chi connectivity index (χ3v) is 2.47. The van der Waals surface area contributed by atoms with E-state index in [2.05, 4.69) is 28.6 Å². The number of ether oxygens (including phenoxy) is 1. The molecule has 0 unspecified atom stereocenters. The van der Waals surface area contributed by atoms with E-state index in [1.807, 2.05) is 6.92 Å². The van der Waals surface area contributed by atoms with Crippen LogP contribution in [0.3, 0.4) is 0 Å². The van der Waals surface area contributed by atoms with Crippen LogP contribution in [-0.4, -0.2) is 6.61 Å². The average molecular weight is 266 g/mol. The van der Waals surface area contributed by atoms with E-state index in [9.17, 15) is 0 Å². The van der Waals surface area contributed by atoms with Crippen molar-refractivity contribution >= 4 is 15.9 Å². The lowest BCUT2D eigenvalue weighted by Crippen LogP contribution is -1.98. The normalized spacial score (nSPS) is 9.40. The molecule has 0 aliphatic carbocycles. The summed E-state index contributed by atoms with van der Waals surface area (Å²) in [6.45, 7) is 6.38. The van der Waals surface area contributed by atoms with Crippen LogP contribution >= 0.6 is 15.9 Å². The molecule has 1 rings (SSSR count). The molecule has 0 spiro atoms. The first-order chi connectivity index (χ1) is 7.13. The number of rotatable bonds is 4. The SMILES string of the molecule is C=C(C)CCOc1ccc(C#N)cc1Br. The van der Waals surface area contributed by atoms with Gasteiger partial charge in [-0.15, -0.1) is 6.58 Å². The maximum absolute atomic E-state index is 8.68. The Morgan fingerprint density at radius 3 is 2.87 bits per heavy atom. The van der Waals surface area contributed by atoms with Crippen molar-refractivity contribution in [2.24, 2.45) is 0 Å². The summed E-state index contributed by atoms with van der Waals surface area (Å²) in [6.07, 6.45) is 0.840. The third kappa shape index (κ3) is 3.77. The van der Waals surface area contributed by atoms with Gasteiger partial charge in [-0.2, -0.15) is 5.26 Å². The molecule has 0 saturated heterocycles. The summed E-state index contributed by atoms with van der Waals surface area (Å²) in [4.78, 5) is 0. The molecule has 0 radical (unpaired) electrons. The summed E-state index contributed by atoms with van der Waals surface area (Å²) < 4.78 is 6.34. The van der Waals surface area contributed by atoms with Crippen LogP contribution in [-0.2, 0) is 0 Å². The van der Waals surface area contributed by atoms with Crippen molar-refractivity contribution in [3.63, 3.8) is 0 Å². The van der Waals surface area contributed by atoms with Gasteiger partial charge in [-0.25, -0.2) is 0 Å². The molecule has 0 fully saturated rings. The second-order valence-corrected chi connectivity index (χ2v) is 4.17. The summed E-state index contributed by atoms with van der Waals surface area (Å²) in [5.74, 6) is 0.759. The molecule has 15 heavy (non-hydrogen) atoms. The van der Waals surface area contributed by atoms with Crippen LogP contribution in [0, 0.1) is 11.3 Å². The molecular weight excluding hydrogens is 254 g/mol. The third-order valence-electron chi connectivity index (χ3n) is 1.85. The van der Waals surface area contributed by atoms with Crippen LogP contribution in [0.15, 0.2) is 34.8 Å². The Balaban J connectivity index is 2.63. The van der Waals surface area contributed by atoms with Crippen molar-refractivity contribution < 1.29 is 4.74 Å². The van der Waals surface area contributed by atoms with Crippen LogP contribution in [0.4, 0.5) is 0 Å². The summed E-state index contributed by atoms with van der Waals surface area (Å²) >= 11 is 3.36. The van der Waals surface area contributed by atoms with Gasteiger partial charge in [-0.3, -0.25) is 0 Å². The fraction of sp³-hybridized carbons (Fsp3) is 0.250. The maximum atomic E-state index is 8.68. The Kier molecular flexibility index (Phi) is 4.38. The Morgan fingerprint density at radius 1 is 1.60 bits per heavy atom. The molecule has 1 aromatic carbocycles. The highest BCUT2D eigenvalue weighted by molar-refractivity contribution is 9.10. The van der Waals surface area contributed by atoms with Crippen molar-refractivity contribution in [1.29, 1.82) is 5.26 Å². The van der Waals surface area contributed by atoms with Crippen LogP contribution in [0.25, 0.3) is 0 Å². The number of hydrogen-bond donors (Lipinski definition) is 0. The summed E-state index contributed by atoms with van der Waals surface area (Å²) in [5, 5.41) is 8.68. The smallest absolute Gasteiger partial charge is 0.133 e. The van der Waals surface area contributed by atoms with E-state index in [1.54, 1.807) is 18.2 Å². The first-order valence-electron chi connectivity index (χ1n) is 4.60. The summed E-state index contributed by atoms with van der Waals surface area (Å²) in [7, 11) is 0. The zero-order valence-electron chi connectivity index (χ0n) is 8.59. The van der Waals surface area contributed by atoms with E-state index in [1.165, 1.54) is 0 Å². The fourth-order valence-corrected chi connectivity index (χ4v) is 1.52. The zero-order valence-corrected chi connectivity index (χ0v) is 10.2. The predicted octanol–water partition coefficient (Wildman–Crippen LogP) is 3.67. The van der Waals surface area contributed by atoms with E-state index in [0.29, 0.717) is 12.2 Å². The van der Waals surface area contributed by atoms with Crippen molar-refractivity contribution in [2.45, 2.75) is 13.3 Å². The monoisotopic (exact) mass is 265 g/mol. The number of nitrogens with zero attached hydrogens (tertiary/aromatic N) is 1. The van der Waals surface area contributed by atoms with Gasteiger partial charge in [0.05, 0.1) is 22.7 Å². The molecule has 0 saturated carbocycles. The largest absolute Gasteiger partial charge is 0.492 e. The minimum atomic E-state index is 0.611. The van der Waals surface area contributed by atoms with Gasteiger partial charge in [0.2, 0.25) is 0 Å². The number of hydrogen-bond acceptors (Lipinski definition) is 2. The number of halogens is 1. The topological polar surface area (TPSA) is 33.0 Å². The lowest BCUT2D eigenvalue weighted by atomic mass is 10.2. The molecule has 3 heteroatoms. The molecule has 0 aliphatic heterocycles. The van der Waals surface area contributed by atoms with Crippen molar-refractivity contribution in [1.82, 2.24) is 0 Å². The number of nitriles is 1. The maximum Gasteiger partial charge on any atom is 0.133 e. The lowest BCUT2D eigenvalue weighted by molar-refractivity contribution is 0.320. The second-order valence-electron chi connectivity index (χ2n) is 3.31. The molecule has 0 atom stereocenters. The van der Waals surface area contributed by atoms with E-state index in [4.69, 9.17) is 10.00 Å². The highest BCUT2D eigenvalue weighted by atomic mass is 79.9. The van der Waals surface area contributed by atoms with Crippen molar-refractivity contribution in [3.05, 3.63) is 40.4 Å². The van der Waals surface area contributed by atoms with Gasteiger partial charge in [-0.1, -0.05) is 5.57 Å². The van der Waals surface area contributed by atoms with Crippen LogP contribution < -0.4 is 4.74 Å². The molecule has 0 heterocycles. The molecule has 78 valence electrons. The van der Waals surface area contributed by atoms with Crippen LogP contribution in [0.1, 0.15) is 18.9 Å². The van der Waals surface area contributed by atoms with E-state index in [-0.39, 0.29) is 0 Å². The molecule has 0 N–H and O–H groups in total. The molecule has 0 amide bonds. The highest BCUT2D eigenvalue weighted by Crippen LogP contribution is 2.25. The van der Waals surface area contributed by atoms with Crippen molar-refractivity contribution in [2.75, 3.05) is 6.61 Å². The minimum absolute atomic E-state index is 0.611. The number of benzene rings is 1. The first kappa shape index (κ1) is 11.8. The molecule has 0 aliphatic rings. The van der Waals surface area contributed by atoms with Gasteiger partial charge in [0.25, 0.3) is 0 Å². The zero-order chi connectivity index (χ0) is 11.3. The lowest BCUT2D eigenvalue weighted by Gasteiger charge is -2.07. The van der Waals surface area contributed by atoms with Gasteiger partial charge < -0.3 is 4.74 Å². The quantitative estimate of drug-likeness (QED) is 0.779. The second kappa shape index (κ2) is 5.57. The Hall–Kier alpha value is -1.27. The Labute approximate surface area is 98.3 Å². The van der Waals surface area contributed by atoms with Crippen LogP contribution in [0.5, 0.6) is 5.75 Å². The fourth-order valence-electron chi connectivity index (χ4n) is 1.02. The molecule has 1 aromatic rings. The first-order valence-corrected chi connectivity index (χ1v) is 5.39. The highest BCUT2D eigenvalue weighted by Gasteiger charge is 2.02. The van der Waals surface area contributed by atoms with E-state index >= 15 is 0 Å². The predicted molar refractivity (Wildman–Crippen MR) is 63.8 cm³/mol. The van der Waals surface area contributed by atoms with Gasteiger partial charge >= 0.3 is 0 Å². The minimum Gasteiger partial charge on any atom is -0.492 e. The standard InChI is InChI=1S/C12H12BrNO/c1-9(2)5-6-15-12-4-3-10(8-14)7-11(12)13/h3-4,7H,1,5-6H2,2H3. The Morgan fingerprint density at radius 2 is 2.33 bits per heavy atom. The van der Waals surface area contributed by atoms with E-state index in [0.717, 1.165) is 22.2 Å². The van der Waals surface area contributed by atoms with Gasteiger partial charge in [0, 0.05) is 6.42 Å². The van der Waals surface area contributed by atoms with Gasteiger partial charge in [0.1, 0.15) is 5.75 Å². The van der Waals surface area contributed by atoms with Gasteiger partial charge in [-0.05, 0) is 41.1 Å².